The van der Waals surface area contributed by atoms with Crippen molar-refractivity contribution in [3.8, 4) is 11.4 Å². The molecule has 10 aromatic rings. The second-order valence-electron chi connectivity index (χ2n) is 16.6. The molecule has 6 aromatic carbocycles. The molecule has 0 saturated carbocycles. The van der Waals surface area contributed by atoms with Gasteiger partial charge in [-0.3, -0.25) is 0 Å². The van der Waals surface area contributed by atoms with E-state index in [4.69, 9.17) is 0 Å². The molecule has 0 aliphatic heterocycles. The van der Waals surface area contributed by atoms with Crippen molar-refractivity contribution in [1.82, 2.24) is 9.13 Å². The number of nitrogens with zero attached hydrogens (tertiary/aromatic N) is 2. The van der Waals surface area contributed by atoms with E-state index < -0.39 is 0 Å². The van der Waals surface area contributed by atoms with Crippen LogP contribution < -0.4 is 0 Å². The highest BCUT2D eigenvalue weighted by Crippen LogP contribution is 2.47. The Morgan fingerprint density at radius 3 is 0.963 bits per heavy atom. The van der Waals surface area contributed by atoms with Gasteiger partial charge in [-0.05, 0) is 131 Å². The summed E-state index contributed by atoms with van der Waals surface area (Å²) in [6.07, 6.45) is 0. The lowest BCUT2D eigenvalue weighted by molar-refractivity contribution is 0.868. The number of thiophene rings is 2. The predicted octanol–water partition coefficient (Wildman–Crippen LogP) is 16.0. The van der Waals surface area contributed by atoms with Crippen molar-refractivity contribution in [2.24, 2.45) is 0 Å². The van der Waals surface area contributed by atoms with Crippen LogP contribution in [0.3, 0.4) is 0 Å². The fourth-order valence-corrected chi connectivity index (χ4v) is 11.2. The van der Waals surface area contributed by atoms with Crippen LogP contribution >= 0.6 is 22.7 Å². The molecule has 0 unspecified atom stereocenters. The Balaban J connectivity index is 1.20. The summed E-state index contributed by atoms with van der Waals surface area (Å²) >= 11 is 3.86. The van der Waals surface area contributed by atoms with Gasteiger partial charge in [0.05, 0.1) is 26.1 Å². The molecule has 54 heavy (non-hydrogen) atoms. The second kappa shape index (κ2) is 12.3. The first kappa shape index (κ1) is 33.7. The Bertz CT molecular complexity index is 2780. The molecule has 0 atom stereocenters. The molecule has 2 nitrogen and oxygen atoms in total. The smallest absolute Gasteiger partial charge is 0.0890 e. The zero-order chi connectivity index (χ0) is 37.2. The lowest BCUT2D eigenvalue weighted by Gasteiger charge is -2.11. The molecule has 0 saturated heterocycles. The summed E-state index contributed by atoms with van der Waals surface area (Å²) < 4.78 is 9.08. The number of rotatable bonds is 6. The van der Waals surface area contributed by atoms with E-state index in [0.29, 0.717) is 23.7 Å². The average Bonchev–Trinajstić information content (AvgIpc) is 3.89. The molecule has 4 heterocycles. The van der Waals surface area contributed by atoms with Gasteiger partial charge in [-0.1, -0.05) is 79.7 Å². The maximum absolute atomic E-state index is 2.50. The quantitative estimate of drug-likeness (QED) is 0.161. The van der Waals surface area contributed by atoms with E-state index in [0.717, 1.165) is 0 Å². The number of aromatic nitrogens is 2. The second-order valence-corrected chi connectivity index (χ2v) is 19.0. The molecule has 0 aliphatic rings. The van der Waals surface area contributed by atoms with Gasteiger partial charge in [0.25, 0.3) is 0 Å². The van der Waals surface area contributed by atoms with Gasteiger partial charge in [0.2, 0.25) is 0 Å². The molecule has 0 fully saturated rings. The summed E-state index contributed by atoms with van der Waals surface area (Å²) in [5.74, 6) is 1.91. The first-order valence-electron chi connectivity index (χ1n) is 19.6. The fraction of sp³-hybridized carbons (Fsp3) is 0.240. The van der Waals surface area contributed by atoms with Gasteiger partial charge in [0, 0.05) is 58.5 Å². The van der Waals surface area contributed by atoms with Gasteiger partial charge in [0.15, 0.2) is 0 Å². The van der Waals surface area contributed by atoms with E-state index >= 15 is 0 Å². The lowest BCUT2D eigenvalue weighted by Crippen LogP contribution is -1.95. The van der Waals surface area contributed by atoms with Crippen molar-refractivity contribution in [2.45, 2.75) is 79.1 Å². The van der Waals surface area contributed by atoms with E-state index in [9.17, 15) is 0 Å². The van der Waals surface area contributed by atoms with E-state index in [1.54, 1.807) is 0 Å². The first-order chi connectivity index (χ1) is 26.0. The molecular weight excluding hydrogens is 693 g/mol. The van der Waals surface area contributed by atoms with E-state index in [2.05, 4.69) is 174 Å². The van der Waals surface area contributed by atoms with Crippen LogP contribution in [0.2, 0.25) is 0 Å². The highest BCUT2D eigenvalue weighted by atomic mass is 32.2. The van der Waals surface area contributed by atoms with Gasteiger partial charge in [-0.15, -0.1) is 22.7 Å². The zero-order valence-electron chi connectivity index (χ0n) is 32.4. The molecule has 4 aromatic heterocycles. The van der Waals surface area contributed by atoms with Gasteiger partial charge in [-0.2, -0.15) is 0 Å². The van der Waals surface area contributed by atoms with Crippen molar-refractivity contribution < 1.29 is 0 Å². The van der Waals surface area contributed by atoms with Crippen LogP contribution in [0.1, 0.15) is 101 Å². The first-order valence-corrected chi connectivity index (χ1v) is 21.2. The molecule has 10 rings (SSSR count). The highest BCUT2D eigenvalue weighted by molar-refractivity contribution is 7.44. The van der Waals surface area contributed by atoms with Gasteiger partial charge < -0.3 is 9.13 Å². The van der Waals surface area contributed by atoms with Crippen LogP contribution in [0.4, 0.5) is 0 Å². The number of fused-ring (bicyclic) bond motifs is 11. The Morgan fingerprint density at radius 2 is 0.667 bits per heavy atom. The van der Waals surface area contributed by atoms with Crippen LogP contribution in [0.5, 0.6) is 0 Å². The van der Waals surface area contributed by atoms with Crippen LogP contribution in [0, 0.1) is 0 Å². The minimum absolute atomic E-state index is 0.478. The van der Waals surface area contributed by atoms with Crippen LogP contribution in [0.15, 0.2) is 109 Å². The molecule has 0 spiro atoms. The SMILES string of the molecule is CC(C)c1ccc2c(c1)c1cc(C(C)C)ccc1n2-c1ccc2sc3sc4ccc(-n5c6ccc(C(C)C)cc6c6cc(C(C)C)ccc65)cc4c3c2c1. The third-order valence-corrected chi connectivity index (χ3v) is 14.3. The van der Waals surface area contributed by atoms with Crippen molar-refractivity contribution in [1.29, 1.82) is 0 Å². The largest absolute Gasteiger partial charge is 0.309 e. The lowest BCUT2D eigenvalue weighted by atomic mass is 9.98. The third-order valence-electron chi connectivity index (χ3n) is 11.9. The maximum atomic E-state index is 2.50. The van der Waals surface area contributed by atoms with Crippen molar-refractivity contribution >= 4 is 95.9 Å². The molecule has 4 heteroatoms. The standard InChI is InChI=1S/C50H46N2S2/c1-27(2)31-9-15-43-37(21-31)38-22-32(28(3)4)10-16-44(38)51(43)35-13-19-47-41(25-35)49-42-26-36(14-20-48(42)54-50(49)53-47)52-45-17-11-33(29(5)6)23-39(45)40-24-34(30(7)8)12-18-46(40)52/h9-30H,1-8H3. The molecule has 0 N–H and O–H groups in total. The van der Waals surface area contributed by atoms with E-state index in [1.165, 1.54) is 107 Å². The Labute approximate surface area is 325 Å². The van der Waals surface area contributed by atoms with Gasteiger partial charge in [-0.25, -0.2) is 0 Å². The summed E-state index contributed by atoms with van der Waals surface area (Å²) in [7, 11) is 0. The fourth-order valence-electron chi connectivity index (χ4n) is 8.68. The van der Waals surface area contributed by atoms with Gasteiger partial charge in [0.1, 0.15) is 0 Å². The van der Waals surface area contributed by atoms with Crippen molar-refractivity contribution in [2.75, 3.05) is 0 Å². The van der Waals surface area contributed by atoms with Crippen molar-refractivity contribution in [3.05, 3.63) is 131 Å². The Hall–Kier alpha value is -4.90. The van der Waals surface area contributed by atoms with Crippen LogP contribution in [-0.4, -0.2) is 9.13 Å². The average molecular weight is 739 g/mol. The molecule has 0 bridgehead atoms. The minimum Gasteiger partial charge on any atom is -0.309 e. The van der Waals surface area contributed by atoms with E-state index in [-0.39, 0.29) is 0 Å². The molecule has 0 amide bonds. The summed E-state index contributed by atoms with van der Waals surface area (Å²) in [6.45, 7) is 18.3. The summed E-state index contributed by atoms with van der Waals surface area (Å²) in [5, 5.41) is 9.43. The minimum atomic E-state index is 0.478. The Morgan fingerprint density at radius 1 is 0.352 bits per heavy atom. The van der Waals surface area contributed by atoms with Crippen LogP contribution in [0.25, 0.3) is 84.6 Å². The number of hydrogen-bond acceptors (Lipinski definition) is 2. The molecule has 268 valence electrons. The summed E-state index contributed by atoms with van der Waals surface area (Å²) in [4.78, 5) is 0. The predicted molar refractivity (Wildman–Crippen MR) is 240 cm³/mol. The third kappa shape index (κ3) is 5.03. The number of hydrogen-bond donors (Lipinski definition) is 0. The molecular formula is C50H46N2S2. The normalized spacial score (nSPS) is 12.7. The van der Waals surface area contributed by atoms with Gasteiger partial charge >= 0.3 is 0 Å². The van der Waals surface area contributed by atoms with Crippen molar-refractivity contribution in [3.63, 3.8) is 0 Å². The summed E-state index contributed by atoms with van der Waals surface area (Å²) in [5.41, 5.74) is 13.1. The molecule has 0 radical (unpaired) electrons. The number of benzene rings is 6. The Kier molecular flexibility index (Phi) is 7.67. The topological polar surface area (TPSA) is 9.86 Å². The van der Waals surface area contributed by atoms with Crippen LogP contribution in [-0.2, 0) is 0 Å². The maximum Gasteiger partial charge on any atom is 0.0890 e. The van der Waals surface area contributed by atoms with E-state index in [1.807, 2.05) is 22.7 Å². The molecule has 0 aliphatic carbocycles. The monoisotopic (exact) mass is 738 g/mol. The zero-order valence-corrected chi connectivity index (χ0v) is 34.0. The highest BCUT2D eigenvalue weighted by Gasteiger charge is 2.20. The summed E-state index contributed by atoms with van der Waals surface area (Å²) in [6, 6.07) is 42.7.